The maximum atomic E-state index is 13.2. The molecule has 6 nitrogen and oxygen atoms in total. The number of benzene rings is 2. The van der Waals surface area contributed by atoms with E-state index in [1.165, 1.54) is 12.1 Å². The summed E-state index contributed by atoms with van der Waals surface area (Å²) in [5.41, 5.74) is 2.13. The van der Waals surface area contributed by atoms with Crippen molar-refractivity contribution >= 4 is 11.6 Å². The van der Waals surface area contributed by atoms with Crippen molar-refractivity contribution in [2.24, 2.45) is 0 Å². The number of anilines is 1. The van der Waals surface area contributed by atoms with E-state index in [1.54, 1.807) is 0 Å². The maximum Gasteiger partial charge on any atom is 0.231 e. The lowest BCUT2D eigenvalue weighted by Gasteiger charge is -2.40. The van der Waals surface area contributed by atoms with Crippen molar-refractivity contribution in [3.05, 3.63) is 53.8 Å². The zero-order chi connectivity index (χ0) is 20.2. The molecule has 2 aromatic carbocycles. The Balaban J connectivity index is 1.48. The molecule has 0 spiro atoms. The third-order valence-corrected chi connectivity index (χ3v) is 5.54. The number of nitrogens with one attached hydrogen (secondary N) is 1. The van der Waals surface area contributed by atoms with Crippen LogP contribution in [0, 0.1) is 5.82 Å². The Morgan fingerprint density at radius 3 is 2.52 bits per heavy atom. The van der Waals surface area contributed by atoms with Crippen molar-refractivity contribution in [1.82, 2.24) is 10.2 Å². The minimum absolute atomic E-state index is 0.0423. The first-order valence-corrected chi connectivity index (χ1v) is 10.0. The topological polar surface area (TPSA) is 54.0 Å². The second-order valence-electron chi connectivity index (χ2n) is 7.29. The fraction of sp³-hybridized carbons (Fsp3) is 0.409. The number of hydrogen-bond donors (Lipinski definition) is 1. The smallest absolute Gasteiger partial charge is 0.231 e. The third kappa shape index (κ3) is 4.45. The highest BCUT2D eigenvalue weighted by molar-refractivity contribution is 5.75. The summed E-state index contributed by atoms with van der Waals surface area (Å²) in [6.07, 6.45) is 0.464. The second kappa shape index (κ2) is 8.69. The van der Waals surface area contributed by atoms with Gasteiger partial charge >= 0.3 is 0 Å². The van der Waals surface area contributed by atoms with E-state index in [0.29, 0.717) is 13.0 Å². The van der Waals surface area contributed by atoms with Crippen LogP contribution in [0.3, 0.4) is 0 Å². The highest BCUT2D eigenvalue weighted by atomic mass is 19.1. The van der Waals surface area contributed by atoms with Gasteiger partial charge in [-0.15, -0.1) is 0 Å². The van der Waals surface area contributed by atoms with Gasteiger partial charge in [0.15, 0.2) is 11.5 Å². The normalized spacial score (nSPS) is 17.2. The molecule has 29 heavy (non-hydrogen) atoms. The average Bonchev–Trinajstić information content (AvgIpc) is 3.23. The zero-order valence-corrected chi connectivity index (χ0v) is 16.6. The predicted molar refractivity (Wildman–Crippen MR) is 109 cm³/mol. The fourth-order valence-corrected chi connectivity index (χ4v) is 3.86. The molecule has 2 aliphatic rings. The number of halogens is 1. The molecule has 0 aliphatic carbocycles. The summed E-state index contributed by atoms with van der Waals surface area (Å²) in [6.45, 7) is 6.02. The summed E-state index contributed by atoms with van der Waals surface area (Å²) in [5, 5.41) is 3.04. The van der Waals surface area contributed by atoms with Crippen molar-refractivity contribution in [2.45, 2.75) is 19.4 Å². The molecule has 2 aliphatic heterocycles. The number of rotatable bonds is 6. The minimum atomic E-state index is -0.220. The largest absolute Gasteiger partial charge is 0.454 e. The van der Waals surface area contributed by atoms with Crippen LogP contribution < -0.4 is 19.7 Å². The van der Waals surface area contributed by atoms with Crippen molar-refractivity contribution in [2.75, 3.05) is 44.4 Å². The van der Waals surface area contributed by atoms with Gasteiger partial charge in [-0.05, 0) is 42.0 Å². The van der Waals surface area contributed by atoms with Crippen molar-refractivity contribution < 1.29 is 18.7 Å². The Hall–Kier alpha value is -2.80. The van der Waals surface area contributed by atoms with Gasteiger partial charge in [0, 0.05) is 44.8 Å². The van der Waals surface area contributed by atoms with Crippen LogP contribution in [0.1, 0.15) is 24.9 Å². The third-order valence-electron chi connectivity index (χ3n) is 5.54. The molecule has 1 amide bonds. The highest BCUT2D eigenvalue weighted by Crippen LogP contribution is 2.35. The quantitative estimate of drug-likeness (QED) is 0.810. The number of nitrogens with zero attached hydrogens (tertiary/aromatic N) is 2. The molecule has 4 rings (SSSR count). The fourth-order valence-electron chi connectivity index (χ4n) is 3.86. The van der Waals surface area contributed by atoms with Gasteiger partial charge in [0.2, 0.25) is 12.7 Å². The molecule has 0 saturated carbocycles. The molecule has 1 atom stereocenters. The van der Waals surface area contributed by atoms with Crippen LogP contribution in [0.5, 0.6) is 11.5 Å². The second-order valence-corrected chi connectivity index (χ2v) is 7.29. The maximum absolute atomic E-state index is 13.2. The highest BCUT2D eigenvalue weighted by Gasteiger charge is 2.27. The Morgan fingerprint density at radius 2 is 1.79 bits per heavy atom. The molecule has 154 valence electrons. The van der Waals surface area contributed by atoms with Crippen LogP contribution in [0.4, 0.5) is 10.1 Å². The van der Waals surface area contributed by atoms with Crippen LogP contribution >= 0.6 is 0 Å². The van der Waals surface area contributed by atoms with Crippen LogP contribution in [0.15, 0.2) is 42.5 Å². The van der Waals surface area contributed by atoms with E-state index < -0.39 is 0 Å². The molecule has 0 bridgehead atoms. The molecule has 0 radical (unpaired) electrons. The van der Waals surface area contributed by atoms with Gasteiger partial charge in [0.1, 0.15) is 5.82 Å². The number of carbonyl (C=O) groups is 1. The summed E-state index contributed by atoms with van der Waals surface area (Å²) < 4.78 is 24.2. The standard InChI is InChI=1S/C22H26FN3O3/c1-2-22(27)24-14-19(16-3-8-20-21(13-16)29-15-28-20)26-11-9-25(10-12-26)18-6-4-17(23)5-7-18/h3-8,13,19H,2,9-12,14-15H2,1H3,(H,24,27). The van der Waals surface area contributed by atoms with E-state index in [9.17, 15) is 9.18 Å². The number of amides is 1. The molecule has 1 N–H and O–H groups in total. The lowest BCUT2D eigenvalue weighted by molar-refractivity contribution is -0.121. The first-order chi connectivity index (χ1) is 14.1. The summed E-state index contributed by atoms with van der Waals surface area (Å²) in [5.74, 6) is 1.33. The van der Waals surface area contributed by atoms with E-state index in [-0.39, 0.29) is 24.6 Å². The summed E-state index contributed by atoms with van der Waals surface area (Å²) in [6, 6.07) is 12.7. The van der Waals surface area contributed by atoms with E-state index in [1.807, 2.05) is 37.3 Å². The molecule has 0 aromatic heterocycles. The molecular weight excluding hydrogens is 373 g/mol. The Labute approximate surface area is 170 Å². The van der Waals surface area contributed by atoms with Crippen LogP contribution in [-0.4, -0.2) is 50.3 Å². The van der Waals surface area contributed by atoms with Crippen molar-refractivity contribution in [1.29, 1.82) is 0 Å². The van der Waals surface area contributed by atoms with Crippen LogP contribution in [-0.2, 0) is 4.79 Å². The lowest BCUT2D eigenvalue weighted by Crippen LogP contribution is -2.49. The van der Waals surface area contributed by atoms with Gasteiger partial charge < -0.3 is 19.7 Å². The van der Waals surface area contributed by atoms with Gasteiger partial charge in [-0.2, -0.15) is 0 Å². The van der Waals surface area contributed by atoms with E-state index in [0.717, 1.165) is 48.9 Å². The van der Waals surface area contributed by atoms with Gasteiger partial charge in [-0.1, -0.05) is 13.0 Å². The van der Waals surface area contributed by atoms with Gasteiger partial charge in [0.25, 0.3) is 0 Å². The summed E-state index contributed by atoms with van der Waals surface area (Å²) in [7, 11) is 0. The van der Waals surface area contributed by atoms with Crippen LogP contribution in [0.2, 0.25) is 0 Å². The Morgan fingerprint density at radius 1 is 1.07 bits per heavy atom. The summed E-state index contributed by atoms with van der Waals surface area (Å²) in [4.78, 5) is 16.5. The molecular formula is C22H26FN3O3. The molecule has 1 saturated heterocycles. The first kappa shape index (κ1) is 19.5. The molecule has 1 fully saturated rings. The number of carbonyl (C=O) groups excluding carboxylic acids is 1. The van der Waals surface area contributed by atoms with E-state index >= 15 is 0 Å². The zero-order valence-electron chi connectivity index (χ0n) is 16.6. The van der Waals surface area contributed by atoms with Gasteiger partial charge in [-0.3, -0.25) is 9.69 Å². The van der Waals surface area contributed by atoms with Crippen molar-refractivity contribution in [3.8, 4) is 11.5 Å². The first-order valence-electron chi connectivity index (χ1n) is 10.0. The Bertz CT molecular complexity index is 851. The van der Waals surface area contributed by atoms with Crippen LogP contribution in [0.25, 0.3) is 0 Å². The summed E-state index contributed by atoms with van der Waals surface area (Å²) >= 11 is 0. The number of piperazine rings is 1. The average molecular weight is 399 g/mol. The number of ether oxygens (including phenoxy) is 2. The van der Waals surface area contributed by atoms with E-state index in [2.05, 4.69) is 15.1 Å². The predicted octanol–water partition coefficient (Wildman–Crippen LogP) is 2.94. The SMILES string of the molecule is CCC(=O)NCC(c1ccc2c(c1)OCO2)N1CCN(c2ccc(F)cc2)CC1. The number of fused-ring (bicyclic) bond motifs is 1. The van der Waals surface area contributed by atoms with Crippen molar-refractivity contribution in [3.63, 3.8) is 0 Å². The minimum Gasteiger partial charge on any atom is -0.454 e. The van der Waals surface area contributed by atoms with Gasteiger partial charge in [0.05, 0.1) is 6.04 Å². The van der Waals surface area contributed by atoms with E-state index in [4.69, 9.17) is 9.47 Å². The number of hydrogen-bond acceptors (Lipinski definition) is 5. The molecule has 1 unspecified atom stereocenters. The molecule has 7 heteroatoms. The lowest BCUT2D eigenvalue weighted by atomic mass is 10.0. The monoisotopic (exact) mass is 399 g/mol. The molecule has 2 aromatic rings. The van der Waals surface area contributed by atoms with Gasteiger partial charge in [-0.25, -0.2) is 4.39 Å². The Kier molecular flexibility index (Phi) is 5.85. The molecule has 2 heterocycles.